The van der Waals surface area contributed by atoms with Crippen LogP contribution in [0.2, 0.25) is 0 Å². The molecule has 188 valence electrons. The first-order valence-corrected chi connectivity index (χ1v) is 11.9. The van der Waals surface area contributed by atoms with Crippen molar-refractivity contribution in [1.29, 1.82) is 0 Å². The highest BCUT2D eigenvalue weighted by atomic mass is 16.5. The van der Waals surface area contributed by atoms with Crippen LogP contribution in [-0.2, 0) is 10.2 Å². The molecule has 0 aromatic heterocycles. The number of nitrogens with one attached hydrogen (secondary N) is 3. The fraction of sp³-hybridized carbons (Fsp3) is 0.276. The predicted octanol–water partition coefficient (Wildman–Crippen LogP) is 5.20. The Balaban J connectivity index is 1.49. The summed E-state index contributed by atoms with van der Waals surface area (Å²) >= 11 is 0. The van der Waals surface area contributed by atoms with Crippen molar-refractivity contribution in [2.75, 3.05) is 11.9 Å². The molecule has 3 N–H and O–H groups in total. The Hall–Kier alpha value is -4.13. The van der Waals surface area contributed by atoms with E-state index in [0.29, 0.717) is 22.6 Å². The molecule has 0 saturated carbocycles. The average Bonchev–Trinajstić information content (AvgIpc) is 2.86. The van der Waals surface area contributed by atoms with E-state index in [-0.39, 0.29) is 23.8 Å². The van der Waals surface area contributed by atoms with Crippen LogP contribution in [0.4, 0.5) is 5.69 Å². The van der Waals surface area contributed by atoms with Crippen LogP contribution in [0.15, 0.2) is 72.8 Å². The van der Waals surface area contributed by atoms with Crippen LogP contribution in [0.5, 0.6) is 5.75 Å². The molecule has 0 bridgehead atoms. The zero-order valence-corrected chi connectivity index (χ0v) is 21.3. The van der Waals surface area contributed by atoms with Gasteiger partial charge in [-0.15, -0.1) is 0 Å². The van der Waals surface area contributed by atoms with Crippen LogP contribution >= 0.6 is 0 Å². The van der Waals surface area contributed by atoms with E-state index in [4.69, 9.17) is 4.74 Å². The van der Waals surface area contributed by atoms with Crippen LogP contribution in [-0.4, -0.2) is 24.3 Å². The molecule has 0 unspecified atom stereocenters. The topological polar surface area (TPSA) is 96.5 Å². The van der Waals surface area contributed by atoms with Gasteiger partial charge < -0.3 is 10.1 Å². The normalized spacial score (nSPS) is 11.1. The highest BCUT2D eigenvalue weighted by molar-refractivity contribution is 6.04. The molecule has 0 aliphatic carbocycles. The summed E-state index contributed by atoms with van der Waals surface area (Å²) in [6, 6.07) is 21.4. The molecule has 0 heterocycles. The Kier molecular flexibility index (Phi) is 8.48. The maximum atomic E-state index is 12.5. The first kappa shape index (κ1) is 26.5. The largest absolute Gasteiger partial charge is 0.483 e. The van der Waals surface area contributed by atoms with Crippen molar-refractivity contribution in [3.63, 3.8) is 0 Å². The molecule has 7 nitrogen and oxygen atoms in total. The second-order valence-electron chi connectivity index (χ2n) is 9.84. The van der Waals surface area contributed by atoms with Crippen molar-refractivity contribution < 1.29 is 19.1 Å². The lowest BCUT2D eigenvalue weighted by molar-refractivity contribution is -0.123. The molecular weight excluding hydrogens is 454 g/mol. The summed E-state index contributed by atoms with van der Waals surface area (Å²) in [5, 5.41) is 2.82. The zero-order valence-electron chi connectivity index (χ0n) is 21.3. The van der Waals surface area contributed by atoms with Gasteiger partial charge in [0.1, 0.15) is 5.75 Å². The Labute approximate surface area is 212 Å². The molecule has 0 aliphatic rings. The van der Waals surface area contributed by atoms with Crippen LogP contribution in [0, 0.1) is 0 Å². The number of benzene rings is 3. The first-order valence-electron chi connectivity index (χ1n) is 11.9. The summed E-state index contributed by atoms with van der Waals surface area (Å²) in [6.07, 6.45) is 0. The number of ether oxygens (including phenoxy) is 1. The van der Waals surface area contributed by atoms with Crippen molar-refractivity contribution in [3.8, 4) is 5.75 Å². The highest BCUT2D eigenvalue weighted by Gasteiger charge is 2.15. The van der Waals surface area contributed by atoms with E-state index in [1.54, 1.807) is 36.4 Å². The van der Waals surface area contributed by atoms with E-state index in [1.165, 1.54) is 0 Å². The Morgan fingerprint density at radius 3 is 1.97 bits per heavy atom. The zero-order chi connectivity index (χ0) is 26.3. The molecule has 0 fully saturated rings. The molecule has 3 aromatic carbocycles. The number of rotatable bonds is 7. The maximum Gasteiger partial charge on any atom is 0.276 e. The van der Waals surface area contributed by atoms with Crippen LogP contribution in [0.1, 0.15) is 72.4 Å². The molecule has 7 heteroatoms. The summed E-state index contributed by atoms with van der Waals surface area (Å²) in [5.41, 5.74) is 8.31. The third-order valence-electron chi connectivity index (χ3n) is 5.63. The number of anilines is 1. The van der Waals surface area contributed by atoms with E-state index in [1.807, 2.05) is 50.2 Å². The summed E-state index contributed by atoms with van der Waals surface area (Å²) in [7, 11) is 0. The van der Waals surface area contributed by atoms with Gasteiger partial charge in [-0.05, 0) is 64.9 Å². The Morgan fingerprint density at radius 2 is 1.36 bits per heavy atom. The summed E-state index contributed by atoms with van der Waals surface area (Å²) in [5.74, 6) is -0.314. The monoisotopic (exact) mass is 487 g/mol. The van der Waals surface area contributed by atoms with Gasteiger partial charge in [0.15, 0.2) is 6.61 Å². The highest BCUT2D eigenvalue weighted by Crippen LogP contribution is 2.25. The number of hydrazine groups is 1. The molecule has 0 aliphatic heterocycles. The van der Waals surface area contributed by atoms with Gasteiger partial charge >= 0.3 is 0 Å². The first-order chi connectivity index (χ1) is 17.0. The molecular formula is C29H33N3O4. The molecule has 3 aromatic rings. The van der Waals surface area contributed by atoms with E-state index < -0.39 is 11.8 Å². The van der Waals surface area contributed by atoms with Gasteiger partial charge in [-0.25, -0.2) is 0 Å². The van der Waals surface area contributed by atoms with Gasteiger partial charge in [-0.2, -0.15) is 0 Å². The second kappa shape index (κ2) is 11.5. The molecule has 0 spiro atoms. The van der Waals surface area contributed by atoms with E-state index in [9.17, 15) is 14.4 Å². The summed E-state index contributed by atoms with van der Waals surface area (Å²) in [6.45, 7) is 10.2. The van der Waals surface area contributed by atoms with Crippen LogP contribution in [0.3, 0.4) is 0 Å². The summed E-state index contributed by atoms with van der Waals surface area (Å²) < 4.78 is 5.61. The number of carbonyl (C=O) groups excluding carboxylic acids is 3. The van der Waals surface area contributed by atoms with Crippen LogP contribution in [0.25, 0.3) is 0 Å². The smallest absolute Gasteiger partial charge is 0.276 e. The summed E-state index contributed by atoms with van der Waals surface area (Å²) in [4.78, 5) is 37.0. The fourth-order valence-corrected chi connectivity index (χ4v) is 3.50. The van der Waals surface area contributed by atoms with Crippen molar-refractivity contribution in [3.05, 3.63) is 95.1 Å². The lowest BCUT2D eigenvalue weighted by atomic mass is 9.87. The number of carbonyl (C=O) groups is 3. The third kappa shape index (κ3) is 7.18. The van der Waals surface area contributed by atoms with Crippen LogP contribution < -0.4 is 20.9 Å². The average molecular weight is 488 g/mol. The van der Waals surface area contributed by atoms with Gasteiger partial charge in [-0.1, -0.05) is 65.0 Å². The van der Waals surface area contributed by atoms with Crippen molar-refractivity contribution in [2.24, 2.45) is 0 Å². The second-order valence-corrected chi connectivity index (χ2v) is 9.84. The standard InChI is InChI=1S/C29H33N3O4/c1-19(2)24-8-6-7-9-25(24)36-18-26(33)31-32-28(35)21-12-16-23(17-13-21)30-27(34)20-10-14-22(15-11-20)29(3,4)5/h6-17,19H,18H2,1-5H3,(H,30,34)(H,31,33)(H,32,35). The number of hydrogen-bond acceptors (Lipinski definition) is 4. The van der Waals surface area contributed by atoms with Crippen molar-refractivity contribution >= 4 is 23.4 Å². The van der Waals surface area contributed by atoms with E-state index in [0.717, 1.165) is 11.1 Å². The molecule has 0 atom stereocenters. The van der Waals surface area contributed by atoms with Crippen molar-refractivity contribution in [2.45, 2.75) is 46.0 Å². The number of hydrogen-bond donors (Lipinski definition) is 3. The predicted molar refractivity (Wildman–Crippen MR) is 141 cm³/mol. The minimum Gasteiger partial charge on any atom is -0.483 e. The van der Waals surface area contributed by atoms with Gasteiger partial charge in [-0.3, -0.25) is 25.2 Å². The van der Waals surface area contributed by atoms with E-state index in [2.05, 4.69) is 36.9 Å². The number of amides is 3. The minimum absolute atomic E-state index is 0.0110. The molecule has 0 saturated heterocycles. The lowest BCUT2D eigenvalue weighted by Crippen LogP contribution is -2.43. The quantitative estimate of drug-likeness (QED) is 0.399. The van der Waals surface area contributed by atoms with Gasteiger partial charge in [0.25, 0.3) is 17.7 Å². The van der Waals surface area contributed by atoms with E-state index >= 15 is 0 Å². The molecule has 0 radical (unpaired) electrons. The van der Waals surface area contributed by atoms with Gasteiger partial charge in [0, 0.05) is 16.8 Å². The maximum absolute atomic E-state index is 12.5. The molecule has 3 amide bonds. The minimum atomic E-state index is -0.485. The molecule has 36 heavy (non-hydrogen) atoms. The molecule has 3 rings (SSSR count). The van der Waals surface area contributed by atoms with Gasteiger partial charge in [0.2, 0.25) is 0 Å². The Morgan fingerprint density at radius 1 is 0.778 bits per heavy atom. The lowest BCUT2D eigenvalue weighted by Gasteiger charge is -2.19. The van der Waals surface area contributed by atoms with Crippen molar-refractivity contribution in [1.82, 2.24) is 10.9 Å². The SMILES string of the molecule is CC(C)c1ccccc1OCC(=O)NNC(=O)c1ccc(NC(=O)c2ccc(C(C)(C)C)cc2)cc1. The fourth-order valence-electron chi connectivity index (χ4n) is 3.50. The third-order valence-corrected chi connectivity index (χ3v) is 5.63. The van der Waals surface area contributed by atoms with Gasteiger partial charge in [0.05, 0.1) is 0 Å². The Bertz CT molecular complexity index is 1210. The number of para-hydroxylation sites is 1.